The molecular formula is C11H11BrClN3OS. The van der Waals surface area contributed by atoms with Gasteiger partial charge in [0.15, 0.2) is 17.1 Å². The largest absolute Gasteiger partial charge is 0.491 e. The van der Waals surface area contributed by atoms with E-state index < -0.39 is 0 Å². The highest BCUT2D eigenvalue weighted by Crippen LogP contribution is 2.37. The molecule has 0 saturated heterocycles. The van der Waals surface area contributed by atoms with Gasteiger partial charge in [0.25, 0.3) is 0 Å². The average Bonchev–Trinajstić information content (AvgIpc) is 2.33. The summed E-state index contributed by atoms with van der Waals surface area (Å²) < 4.78 is 6.13. The zero-order valence-electron chi connectivity index (χ0n) is 9.83. The van der Waals surface area contributed by atoms with Gasteiger partial charge in [-0.1, -0.05) is 23.4 Å². The van der Waals surface area contributed by atoms with Crippen molar-refractivity contribution in [1.29, 1.82) is 5.26 Å². The number of nitrogens with zero attached hydrogens (tertiary/aromatic N) is 2. The quantitative estimate of drug-likeness (QED) is 0.389. The molecule has 4 nitrogen and oxygen atoms in total. The molecule has 0 saturated carbocycles. The predicted molar refractivity (Wildman–Crippen MR) is 79.7 cm³/mol. The lowest BCUT2D eigenvalue weighted by molar-refractivity contribution is 0.338. The summed E-state index contributed by atoms with van der Waals surface area (Å²) in [6.45, 7) is 2.42. The number of hydrogen-bond acceptors (Lipinski definition) is 4. The Morgan fingerprint density at radius 3 is 2.89 bits per heavy atom. The highest BCUT2D eigenvalue weighted by molar-refractivity contribution is 9.10. The summed E-state index contributed by atoms with van der Waals surface area (Å²) in [5.41, 5.74) is 0.641. The smallest absolute Gasteiger partial charge is 0.183 e. The topological polar surface area (TPSA) is 57.4 Å². The van der Waals surface area contributed by atoms with Gasteiger partial charge in [-0.15, -0.1) is 0 Å². The molecule has 1 rings (SSSR count). The zero-order valence-corrected chi connectivity index (χ0v) is 13.0. The molecule has 0 amide bonds. The van der Waals surface area contributed by atoms with Crippen LogP contribution in [0.5, 0.6) is 5.75 Å². The van der Waals surface area contributed by atoms with Gasteiger partial charge in [-0.25, -0.2) is 4.99 Å². The van der Waals surface area contributed by atoms with Crippen molar-refractivity contribution in [2.24, 2.45) is 4.99 Å². The van der Waals surface area contributed by atoms with Gasteiger partial charge < -0.3 is 4.74 Å². The van der Waals surface area contributed by atoms with Crippen molar-refractivity contribution < 1.29 is 4.74 Å². The monoisotopic (exact) mass is 347 g/mol. The van der Waals surface area contributed by atoms with Crippen LogP contribution in [0, 0.1) is 11.5 Å². The van der Waals surface area contributed by atoms with Crippen LogP contribution in [0.1, 0.15) is 6.92 Å². The Morgan fingerprint density at radius 1 is 1.67 bits per heavy atom. The molecule has 0 bridgehead atoms. The first-order valence-corrected chi connectivity index (χ1v) is 7.41. The van der Waals surface area contributed by atoms with Gasteiger partial charge in [0.1, 0.15) is 0 Å². The van der Waals surface area contributed by atoms with Gasteiger partial charge in [0, 0.05) is 0 Å². The molecule has 0 aliphatic rings. The minimum absolute atomic E-state index is 0.474. The van der Waals surface area contributed by atoms with E-state index in [1.54, 1.807) is 12.1 Å². The molecule has 1 aromatic rings. The maximum atomic E-state index is 8.56. The number of nitriles is 1. The number of nitrogens with one attached hydrogen (secondary N) is 1. The zero-order chi connectivity index (χ0) is 13.5. The number of hydrogen-bond donors (Lipinski definition) is 1. The van der Waals surface area contributed by atoms with Crippen molar-refractivity contribution in [1.82, 2.24) is 5.32 Å². The average molecular weight is 349 g/mol. The number of amidine groups is 1. The molecule has 0 unspecified atom stereocenters. The van der Waals surface area contributed by atoms with Crippen molar-refractivity contribution in [3.05, 3.63) is 21.6 Å². The lowest BCUT2D eigenvalue weighted by Gasteiger charge is -2.09. The SMILES string of the molecule is CCOc1c(Cl)cc(N=C(NC#N)SC)cc1Br. The molecule has 0 atom stereocenters. The van der Waals surface area contributed by atoms with Crippen molar-refractivity contribution in [3.63, 3.8) is 0 Å². The van der Waals surface area contributed by atoms with E-state index in [2.05, 4.69) is 26.2 Å². The maximum Gasteiger partial charge on any atom is 0.183 e. The van der Waals surface area contributed by atoms with Crippen LogP contribution in [0.2, 0.25) is 5.02 Å². The summed E-state index contributed by atoms with van der Waals surface area (Å²) in [5, 5.41) is 12.0. The Labute approximate surface area is 124 Å². The summed E-state index contributed by atoms with van der Waals surface area (Å²) in [4.78, 5) is 4.27. The van der Waals surface area contributed by atoms with Crippen molar-refractivity contribution in [3.8, 4) is 11.9 Å². The minimum Gasteiger partial charge on any atom is -0.491 e. The third kappa shape index (κ3) is 4.09. The second kappa shape index (κ2) is 7.52. The molecule has 0 heterocycles. The Hall–Kier alpha value is -0.900. The normalized spacial score (nSPS) is 10.9. The van der Waals surface area contributed by atoms with Crippen LogP contribution in [-0.4, -0.2) is 18.0 Å². The summed E-state index contributed by atoms with van der Waals surface area (Å²) in [6.07, 6.45) is 3.66. The molecule has 0 aromatic heterocycles. The summed E-state index contributed by atoms with van der Waals surface area (Å²) in [6, 6.07) is 3.47. The van der Waals surface area contributed by atoms with E-state index >= 15 is 0 Å². The van der Waals surface area contributed by atoms with E-state index in [0.717, 1.165) is 4.47 Å². The summed E-state index contributed by atoms with van der Waals surface area (Å²) >= 11 is 10.8. The molecule has 1 aromatic carbocycles. The number of benzene rings is 1. The summed E-state index contributed by atoms with van der Waals surface area (Å²) in [5.74, 6) is 0.595. The first kappa shape index (κ1) is 15.2. The van der Waals surface area contributed by atoms with Gasteiger partial charge in [-0.2, -0.15) is 5.26 Å². The third-order valence-corrected chi connectivity index (χ3v) is 3.31. The van der Waals surface area contributed by atoms with Crippen LogP contribution in [0.15, 0.2) is 21.6 Å². The first-order valence-electron chi connectivity index (χ1n) is 5.02. The lowest BCUT2D eigenvalue weighted by atomic mass is 10.3. The van der Waals surface area contributed by atoms with Crippen LogP contribution in [0.25, 0.3) is 0 Å². The molecule has 0 spiro atoms. The van der Waals surface area contributed by atoms with Crippen LogP contribution in [-0.2, 0) is 0 Å². The highest BCUT2D eigenvalue weighted by Gasteiger charge is 2.09. The molecule has 0 radical (unpaired) electrons. The molecular weight excluding hydrogens is 338 g/mol. The standard InChI is InChI=1S/C11H11BrClN3OS/c1-3-17-10-8(12)4-7(5-9(10)13)16-11(18-2)15-6-14/h4-5H,3H2,1-2H3,(H,15,16). The first-order chi connectivity index (χ1) is 8.62. The van der Waals surface area contributed by atoms with Gasteiger partial charge >= 0.3 is 0 Å². The fraction of sp³-hybridized carbons (Fsp3) is 0.273. The second-order valence-electron chi connectivity index (χ2n) is 3.03. The molecule has 1 N–H and O–H groups in total. The second-order valence-corrected chi connectivity index (χ2v) is 5.09. The van der Waals surface area contributed by atoms with Crippen molar-refractivity contribution >= 4 is 50.1 Å². The maximum absolute atomic E-state index is 8.56. The Balaban J connectivity index is 3.10. The lowest BCUT2D eigenvalue weighted by Crippen LogP contribution is -2.12. The van der Waals surface area contributed by atoms with E-state index in [9.17, 15) is 0 Å². The minimum atomic E-state index is 0.474. The molecule has 18 heavy (non-hydrogen) atoms. The van der Waals surface area contributed by atoms with E-state index in [4.69, 9.17) is 21.6 Å². The molecule has 0 aliphatic carbocycles. The molecule has 0 aliphatic heterocycles. The number of halogens is 2. The predicted octanol–water partition coefficient (Wildman–Crippen LogP) is 3.92. The molecule has 0 fully saturated rings. The van der Waals surface area contributed by atoms with Crippen LogP contribution in [0.3, 0.4) is 0 Å². The number of aliphatic imine (C=N–C) groups is 1. The van der Waals surface area contributed by atoms with Gasteiger partial charge in [0.05, 0.1) is 21.8 Å². The Kier molecular flexibility index (Phi) is 6.33. The fourth-order valence-corrected chi connectivity index (χ4v) is 2.47. The van der Waals surface area contributed by atoms with Crippen LogP contribution >= 0.6 is 39.3 Å². The van der Waals surface area contributed by atoms with E-state index in [-0.39, 0.29) is 0 Å². The number of rotatable bonds is 3. The Morgan fingerprint density at radius 2 is 2.39 bits per heavy atom. The van der Waals surface area contributed by atoms with Crippen molar-refractivity contribution in [2.45, 2.75) is 6.92 Å². The Bertz CT molecular complexity index is 479. The van der Waals surface area contributed by atoms with Crippen LogP contribution < -0.4 is 10.1 Å². The third-order valence-electron chi connectivity index (χ3n) is 1.86. The van der Waals surface area contributed by atoms with Crippen LogP contribution in [0.4, 0.5) is 5.69 Å². The van der Waals surface area contributed by atoms with E-state index in [1.165, 1.54) is 11.8 Å². The summed E-state index contributed by atoms with van der Waals surface area (Å²) in [7, 11) is 0. The molecule has 7 heteroatoms. The van der Waals surface area contributed by atoms with Gasteiger partial charge in [-0.3, -0.25) is 5.32 Å². The number of thioether (sulfide) groups is 1. The highest BCUT2D eigenvalue weighted by atomic mass is 79.9. The molecule has 96 valence electrons. The number of ether oxygens (including phenoxy) is 1. The van der Waals surface area contributed by atoms with Crippen molar-refractivity contribution in [2.75, 3.05) is 12.9 Å². The van der Waals surface area contributed by atoms with E-state index in [1.807, 2.05) is 19.4 Å². The van der Waals surface area contributed by atoms with E-state index in [0.29, 0.717) is 28.2 Å². The van der Waals surface area contributed by atoms with Gasteiger partial charge in [0.2, 0.25) is 0 Å². The fourth-order valence-electron chi connectivity index (χ4n) is 1.18. The van der Waals surface area contributed by atoms with Gasteiger partial charge in [-0.05, 0) is 41.2 Å².